The Hall–Kier alpha value is -3.55. The molecule has 148 valence electrons. The highest BCUT2D eigenvalue weighted by molar-refractivity contribution is 5.96. The van der Waals surface area contributed by atoms with Crippen molar-refractivity contribution in [2.75, 3.05) is 30.3 Å². The molecule has 3 N–H and O–H groups in total. The zero-order chi connectivity index (χ0) is 20.1. The first-order valence-electron chi connectivity index (χ1n) is 9.60. The van der Waals surface area contributed by atoms with Gasteiger partial charge in [0.2, 0.25) is 5.95 Å². The van der Waals surface area contributed by atoms with Crippen molar-refractivity contribution in [1.29, 1.82) is 0 Å². The van der Waals surface area contributed by atoms with Crippen molar-refractivity contribution in [2.24, 2.45) is 0 Å². The van der Waals surface area contributed by atoms with E-state index in [0.29, 0.717) is 6.54 Å². The summed E-state index contributed by atoms with van der Waals surface area (Å²) in [5, 5.41) is 3.03. The molecule has 0 bridgehead atoms. The molecule has 1 saturated heterocycles. The molecule has 29 heavy (non-hydrogen) atoms. The third-order valence-electron chi connectivity index (χ3n) is 5.47. The number of nitrogens with zero attached hydrogens (tertiary/aromatic N) is 5. The number of carbonyl (C=O) groups excluding carboxylic acids is 1. The van der Waals surface area contributed by atoms with Gasteiger partial charge in [0, 0.05) is 49.8 Å². The summed E-state index contributed by atoms with van der Waals surface area (Å²) in [5.74, 6) is 0.570. The van der Waals surface area contributed by atoms with Gasteiger partial charge >= 0.3 is 0 Å². The smallest absolute Gasteiger partial charge is 0.273 e. The number of aromatic nitrogens is 4. The number of carbonyl (C=O) groups is 1. The molecule has 1 fully saturated rings. The topological polar surface area (TPSA) is 110 Å². The number of nitrogen functional groups attached to an aromatic ring is 1. The first kappa shape index (κ1) is 18.8. The number of piperidine rings is 1. The minimum absolute atomic E-state index is 0.134. The summed E-state index contributed by atoms with van der Waals surface area (Å²) >= 11 is 0. The Morgan fingerprint density at radius 2 is 1.66 bits per heavy atom. The standard InChI is InChI=1S/C21H23N7O/c22-18-17(23-11-12-24-18)19(29)27-15-21(16-5-2-1-3-6-16)7-13-28(14-8-21)20-25-9-4-10-26-20/h1-6,9-12H,7-8,13-15H2,(H2,22,24)(H,27,29). The number of nitrogens with two attached hydrogens (primary N) is 1. The van der Waals surface area contributed by atoms with Crippen LogP contribution in [-0.4, -0.2) is 45.5 Å². The average Bonchev–Trinajstić information content (AvgIpc) is 2.79. The van der Waals surface area contributed by atoms with Gasteiger partial charge < -0.3 is 16.0 Å². The number of rotatable bonds is 5. The molecule has 8 nitrogen and oxygen atoms in total. The van der Waals surface area contributed by atoms with Crippen LogP contribution in [0.3, 0.4) is 0 Å². The van der Waals surface area contributed by atoms with E-state index in [1.807, 2.05) is 24.3 Å². The van der Waals surface area contributed by atoms with Crippen LogP contribution in [0, 0.1) is 0 Å². The maximum atomic E-state index is 12.6. The fraction of sp³-hybridized carbons (Fsp3) is 0.286. The molecule has 0 unspecified atom stereocenters. The van der Waals surface area contributed by atoms with Crippen molar-refractivity contribution in [1.82, 2.24) is 25.3 Å². The van der Waals surface area contributed by atoms with Crippen LogP contribution in [-0.2, 0) is 5.41 Å². The second kappa shape index (κ2) is 8.22. The maximum Gasteiger partial charge on any atom is 0.273 e. The normalized spacial score (nSPS) is 15.7. The number of hydrogen-bond donors (Lipinski definition) is 2. The number of hydrogen-bond acceptors (Lipinski definition) is 7. The van der Waals surface area contributed by atoms with Gasteiger partial charge in [-0.3, -0.25) is 4.79 Å². The van der Waals surface area contributed by atoms with Gasteiger partial charge in [0.25, 0.3) is 5.91 Å². The second-order valence-corrected chi connectivity index (χ2v) is 7.16. The van der Waals surface area contributed by atoms with Gasteiger partial charge in [-0.05, 0) is 24.5 Å². The Morgan fingerprint density at radius 3 is 2.34 bits per heavy atom. The van der Waals surface area contributed by atoms with E-state index >= 15 is 0 Å². The summed E-state index contributed by atoms with van der Waals surface area (Å²) in [4.78, 5) is 31.6. The lowest BCUT2D eigenvalue weighted by atomic mass is 9.72. The molecule has 1 aliphatic rings. The number of anilines is 2. The third kappa shape index (κ3) is 4.01. The van der Waals surface area contributed by atoms with E-state index in [9.17, 15) is 4.79 Å². The molecule has 3 aromatic rings. The van der Waals surface area contributed by atoms with Gasteiger partial charge in [-0.1, -0.05) is 30.3 Å². The first-order valence-corrected chi connectivity index (χ1v) is 9.60. The molecule has 0 radical (unpaired) electrons. The van der Waals surface area contributed by atoms with Gasteiger partial charge in [-0.15, -0.1) is 0 Å². The quantitative estimate of drug-likeness (QED) is 0.685. The summed E-state index contributed by atoms with van der Waals surface area (Å²) in [5.41, 5.74) is 6.99. The van der Waals surface area contributed by atoms with Gasteiger partial charge in [0.05, 0.1) is 0 Å². The number of nitrogens with one attached hydrogen (secondary N) is 1. The van der Waals surface area contributed by atoms with Crippen molar-refractivity contribution in [2.45, 2.75) is 18.3 Å². The lowest BCUT2D eigenvalue weighted by molar-refractivity contribution is 0.0934. The van der Waals surface area contributed by atoms with E-state index in [0.717, 1.165) is 31.9 Å². The summed E-state index contributed by atoms with van der Waals surface area (Å²) < 4.78 is 0. The van der Waals surface area contributed by atoms with Crippen LogP contribution >= 0.6 is 0 Å². The lowest BCUT2D eigenvalue weighted by Gasteiger charge is -2.42. The molecule has 0 atom stereocenters. The predicted molar refractivity (Wildman–Crippen MR) is 110 cm³/mol. The number of amides is 1. The van der Waals surface area contributed by atoms with Crippen LogP contribution in [0.1, 0.15) is 28.9 Å². The van der Waals surface area contributed by atoms with Crippen molar-refractivity contribution in [3.63, 3.8) is 0 Å². The molecule has 2 aromatic heterocycles. The fourth-order valence-corrected chi connectivity index (χ4v) is 3.81. The van der Waals surface area contributed by atoms with Crippen LogP contribution in [0.25, 0.3) is 0 Å². The average molecular weight is 389 g/mol. The Bertz CT molecular complexity index is 957. The molecular weight excluding hydrogens is 366 g/mol. The van der Waals surface area contributed by atoms with E-state index < -0.39 is 0 Å². The van der Waals surface area contributed by atoms with E-state index in [4.69, 9.17) is 5.73 Å². The summed E-state index contributed by atoms with van der Waals surface area (Å²) in [6, 6.07) is 12.1. The zero-order valence-corrected chi connectivity index (χ0v) is 16.0. The Labute approximate surface area is 169 Å². The van der Waals surface area contributed by atoms with Crippen LogP contribution in [0.5, 0.6) is 0 Å². The fourth-order valence-electron chi connectivity index (χ4n) is 3.81. The van der Waals surface area contributed by atoms with Crippen LogP contribution in [0.2, 0.25) is 0 Å². The highest BCUT2D eigenvalue weighted by atomic mass is 16.1. The zero-order valence-electron chi connectivity index (χ0n) is 16.0. The van der Waals surface area contributed by atoms with E-state index in [1.54, 1.807) is 12.4 Å². The molecule has 0 aliphatic carbocycles. The van der Waals surface area contributed by atoms with Crippen LogP contribution < -0.4 is 16.0 Å². The number of benzene rings is 1. The molecule has 1 aliphatic heterocycles. The second-order valence-electron chi connectivity index (χ2n) is 7.16. The molecule has 1 aromatic carbocycles. The molecule has 1 amide bonds. The SMILES string of the molecule is Nc1nccnc1C(=O)NCC1(c2ccccc2)CCN(c2ncccn2)CC1. The third-order valence-corrected chi connectivity index (χ3v) is 5.47. The van der Waals surface area contributed by atoms with Crippen LogP contribution in [0.15, 0.2) is 61.2 Å². The van der Waals surface area contributed by atoms with Gasteiger partial charge in [0.15, 0.2) is 11.5 Å². The minimum Gasteiger partial charge on any atom is -0.382 e. The Morgan fingerprint density at radius 1 is 0.966 bits per heavy atom. The minimum atomic E-state index is -0.306. The molecule has 0 saturated carbocycles. The maximum absolute atomic E-state index is 12.6. The van der Waals surface area contributed by atoms with Crippen molar-refractivity contribution in [3.05, 3.63) is 72.4 Å². The largest absolute Gasteiger partial charge is 0.382 e. The Balaban J connectivity index is 1.52. The molecular formula is C21H23N7O. The molecule has 3 heterocycles. The monoisotopic (exact) mass is 389 g/mol. The van der Waals surface area contributed by atoms with Gasteiger partial charge in [-0.25, -0.2) is 19.9 Å². The molecule has 4 rings (SSSR count). The van der Waals surface area contributed by atoms with E-state index in [2.05, 4.69) is 42.3 Å². The highest BCUT2D eigenvalue weighted by Crippen LogP contribution is 2.36. The van der Waals surface area contributed by atoms with Crippen LogP contribution in [0.4, 0.5) is 11.8 Å². The summed E-state index contributed by atoms with van der Waals surface area (Å²) in [7, 11) is 0. The highest BCUT2D eigenvalue weighted by Gasteiger charge is 2.37. The molecule has 0 spiro atoms. The summed E-state index contributed by atoms with van der Waals surface area (Å²) in [6.07, 6.45) is 8.19. The summed E-state index contributed by atoms with van der Waals surface area (Å²) in [6.45, 7) is 2.11. The first-order chi connectivity index (χ1) is 14.2. The van der Waals surface area contributed by atoms with Crippen molar-refractivity contribution >= 4 is 17.7 Å². The Kier molecular flexibility index (Phi) is 5.33. The van der Waals surface area contributed by atoms with Gasteiger partial charge in [0.1, 0.15) is 0 Å². The van der Waals surface area contributed by atoms with Crippen molar-refractivity contribution < 1.29 is 4.79 Å². The molecule has 8 heteroatoms. The van der Waals surface area contributed by atoms with Crippen molar-refractivity contribution in [3.8, 4) is 0 Å². The van der Waals surface area contributed by atoms with Gasteiger partial charge in [-0.2, -0.15) is 0 Å². The van der Waals surface area contributed by atoms with E-state index in [1.165, 1.54) is 18.0 Å². The van der Waals surface area contributed by atoms with E-state index in [-0.39, 0.29) is 22.8 Å². The predicted octanol–water partition coefficient (Wildman–Crippen LogP) is 1.82. The lowest BCUT2D eigenvalue weighted by Crippen LogP contribution is -2.49.